The smallest absolute Gasteiger partial charge is 0.186 e. The van der Waals surface area contributed by atoms with Crippen LogP contribution in [0.1, 0.15) is 23.7 Å². The first-order valence-electron chi connectivity index (χ1n) is 8.94. The van der Waals surface area contributed by atoms with Gasteiger partial charge in [-0.15, -0.1) is 0 Å². The lowest BCUT2D eigenvalue weighted by Crippen LogP contribution is -2.54. The van der Waals surface area contributed by atoms with Crippen molar-refractivity contribution in [3.05, 3.63) is 69.7 Å². The minimum Gasteiger partial charge on any atom is -0.394 e. The van der Waals surface area contributed by atoms with Crippen LogP contribution in [0, 0.1) is 0 Å². The standard InChI is InChI=1S/C20H20Cl2O6/c21-13-7-3-1-5-11(13)19-25-10-15(24)17-18(28-19)16(9-23)26-20(27-17)12-6-2-4-8-14(12)22/h1-8,15-20,23-24H,9-10H2/t15-,16+,17-,18-,19?,20?/m0/s1. The van der Waals surface area contributed by atoms with E-state index in [2.05, 4.69) is 0 Å². The molecule has 8 heteroatoms. The maximum atomic E-state index is 10.6. The average Bonchev–Trinajstić information content (AvgIpc) is 2.87. The molecule has 2 aromatic carbocycles. The fourth-order valence-corrected chi connectivity index (χ4v) is 3.88. The molecule has 0 aromatic heterocycles. The lowest BCUT2D eigenvalue weighted by Gasteiger charge is -2.42. The number of rotatable bonds is 3. The number of hydrogen-bond acceptors (Lipinski definition) is 6. The van der Waals surface area contributed by atoms with Crippen LogP contribution in [-0.2, 0) is 18.9 Å². The Bertz CT molecular complexity index is 775. The zero-order valence-corrected chi connectivity index (χ0v) is 16.3. The van der Waals surface area contributed by atoms with Crippen LogP contribution in [0.4, 0.5) is 0 Å². The van der Waals surface area contributed by atoms with E-state index in [9.17, 15) is 10.2 Å². The molecule has 0 spiro atoms. The van der Waals surface area contributed by atoms with Gasteiger partial charge in [-0.2, -0.15) is 0 Å². The Balaban J connectivity index is 1.62. The van der Waals surface area contributed by atoms with E-state index in [-0.39, 0.29) is 13.2 Å². The van der Waals surface area contributed by atoms with Gasteiger partial charge in [-0.1, -0.05) is 59.6 Å². The summed E-state index contributed by atoms with van der Waals surface area (Å²) in [4.78, 5) is 0. The van der Waals surface area contributed by atoms with Crippen LogP contribution < -0.4 is 0 Å². The monoisotopic (exact) mass is 426 g/mol. The quantitative estimate of drug-likeness (QED) is 0.784. The molecule has 2 unspecified atom stereocenters. The van der Waals surface area contributed by atoms with Gasteiger partial charge >= 0.3 is 0 Å². The maximum Gasteiger partial charge on any atom is 0.186 e. The summed E-state index contributed by atoms with van der Waals surface area (Å²) >= 11 is 12.5. The van der Waals surface area contributed by atoms with Gasteiger partial charge in [-0.25, -0.2) is 0 Å². The van der Waals surface area contributed by atoms with Crippen LogP contribution >= 0.6 is 23.2 Å². The largest absolute Gasteiger partial charge is 0.394 e. The molecule has 2 aliphatic heterocycles. The van der Waals surface area contributed by atoms with Crippen molar-refractivity contribution >= 4 is 23.2 Å². The molecule has 0 saturated carbocycles. The highest BCUT2D eigenvalue weighted by Gasteiger charge is 2.47. The summed E-state index contributed by atoms with van der Waals surface area (Å²) in [5.74, 6) is 0. The van der Waals surface area contributed by atoms with Gasteiger partial charge in [0.15, 0.2) is 12.6 Å². The van der Waals surface area contributed by atoms with E-state index < -0.39 is 37.0 Å². The highest BCUT2D eigenvalue weighted by atomic mass is 35.5. The Kier molecular flexibility index (Phi) is 6.20. The van der Waals surface area contributed by atoms with Crippen molar-refractivity contribution in [1.82, 2.24) is 0 Å². The fraction of sp³-hybridized carbons (Fsp3) is 0.400. The molecular weight excluding hydrogens is 407 g/mol. The summed E-state index contributed by atoms with van der Waals surface area (Å²) in [6, 6.07) is 14.2. The van der Waals surface area contributed by atoms with Gasteiger partial charge in [0.1, 0.15) is 24.4 Å². The molecule has 6 atom stereocenters. The Morgan fingerprint density at radius 2 is 1.39 bits per heavy atom. The van der Waals surface area contributed by atoms with E-state index in [1.165, 1.54) is 0 Å². The van der Waals surface area contributed by atoms with Crippen molar-refractivity contribution in [3.8, 4) is 0 Å². The molecule has 0 radical (unpaired) electrons. The zero-order valence-electron chi connectivity index (χ0n) is 14.8. The van der Waals surface area contributed by atoms with Crippen LogP contribution in [-0.4, -0.2) is 47.8 Å². The topological polar surface area (TPSA) is 77.4 Å². The maximum absolute atomic E-state index is 10.6. The minimum absolute atomic E-state index is 0.0234. The molecule has 0 bridgehead atoms. The average molecular weight is 427 g/mol. The van der Waals surface area contributed by atoms with Gasteiger partial charge in [0.05, 0.1) is 13.2 Å². The Morgan fingerprint density at radius 1 is 0.821 bits per heavy atom. The summed E-state index contributed by atoms with van der Waals surface area (Å²) in [5.41, 5.74) is 1.24. The molecule has 6 nitrogen and oxygen atoms in total. The number of ether oxygens (including phenoxy) is 4. The predicted octanol–water partition coefficient (Wildman–Crippen LogP) is 3.24. The summed E-state index contributed by atoms with van der Waals surface area (Å²) in [5, 5.41) is 21.5. The first-order valence-corrected chi connectivity index (χ1v) is 9.70. The van der Waals surface area contributed by atoms with Crippen LogP contribution in [0.3, 0.4) is 0 Å². The van der Waals surface area contributed by atoms with Crippen molar-refractivity contribution in [2.24, 2.45) is 0 Å². The number of aliphatic hydroxyl groups excluding tert-OH is 2. The third kappa shape index (κ3) is 3.92. The van der Waals surface area contributed by atoms with Gasteiger partial charge in [0, 0.05) is 21.2 Å². The summed E-state index contributed by atoms with van der Waals surface area (Å²) in [6.45, 7) is -0.349. The van der Waals surface area contributed by atoms with E-state index >= 15 is 0 Å². The van der Waals surface area contributed by atoms with Gasteiger partial charge in [0.2, 0.25) is 0 Å². The van der Waals surface area contributed by atoms with Crippen molar-refractivity contribution in [3.63, 3.8) is 0 Å². The van der Waals surface area contributed by atoms with Crippen LogP contribution in [0.5, 0.6) is 0 Å². The number of benzene rings is 2. The summed E-state index contributed by atoms with van der Waals surface area (Å²) in [6.07, 6.45) is -4.94. The first kappa shape index (κ1) is 20.1. The van der Waals surface area contributed by atoms with Crippen molar-refractivity contribution < 1.29 is 29.2 Å². The molecule has 28 heavy (non-hydrogen) atoms. The molecule has 2 aliphatic rings. The van der Waals surface area contributed by atoms with E-state index in [4.69, 9.17) is 42.1 Å². The third-order valence-electron chi connectivity index (χ3n) is 4.85. The molecule has 2 fully saturated rings. The normalized spacial score (nSPS) is 33.1. The van der Waals surface area contributed by atoms with E-state index in [0.717, 1.165) is 0 Å². The zero-order chi connectivity index (χ0) is 19.7. The number of aliphatic hydroxyl groups is 2. The van der Waals surface area contributed by atoms with E-state index in [0.29, 0.717) is 21.2 Å². The number of hydrogen-bond donors (Lipinski definition) is 2. The van der Waals surface area contributed by atoms with Crippen LogP contribution in [0.25, 0.3) is 0 Å². The Hall–Kier alpha value is -1.22. The van der Waals surface area contributed by atoms with Gasteiger partial charge in [-0.05, 0) is 12.1 Å². The molecule has 2 heterocycles. The molecule has 0 aliphatic carbocycles. The minimum atomic E-state index is -0.986. The van der Waals surface area contributed by atoms with Gasteiger partial charge in [-0.3, -0.25) is 0 Å². The van der Waals surface area contributed by atoms with E-state index in [1.54, 1.807) is 36.4 Å². The number of halogens is 2. The molecule has 0 amide bonds. The van der Waals surface area contributed by atoms with E-state index in [1.807, 2.05) is 12.1 Å². The van der Waals surface area contributed by atoms with Crippen LogP contribution in [0.2, 0.25) is 10.0 Å². The number of fused-ring (bicyclic) bond motifs is 1. The highest BCUT2D eigenvalue weighted by Crippen LogP contribution is 2.40. The molecule has 4 rings (SSSR count). The van der Waals surface area contributed by atoms with Crippen molar-refractivity contribution in [2.45, 2.75) is 37.0 Å². The molecule has 2 N–H and O–H groups in total. The second-order valence-electron chi connectivity index (χ2n) is 6.67. The fourth-order valence-electron chi connectivity index (χ4n) is 3.43. The lowest BCUT2D eigenvalue weighted by atomic mass is 10.0. The summed E-state index contributed by atoms with van der Waals surface area (Å²) in [7, 11) is 0. The first-order chi connectivity index (χ1) is 13.6. The second kappa shape index (κ2) is 8.65. The second-order valence-corrected chi connectivity index (χ2v) is 7.48. The Morgan fingerprint density at radius 3 is 2.00 bits per heavy atom. The Labute approximate surface area is 172 Å². The predicted molar refractivity (Wildman–Crippen MR) is 102 cm³/mol. The molecular formula is C20H20Cl2O6. The third-order valence-corrected chi connectivity index (χ3v) is 5.53. The molecule has 150 valence electrons. The van der Waals surface area contributed by atoms with Crippen LogP contribution in [0.15, 0.2) is 48.5 Å². The molecule has 2 saturated heterocycles. The summed E-state index contributed by atoms with van der Waals surface area (Å²) < 4.78 is 23.7. The van der Waals surface area contributed by atoms with Crippen molar-refractivity contribution in [1.29, 1.82) is 0 Å². The molecule has 2 aromatic rings. The lowest BCUT2D eigenvalue weighted by molar-refractivity contribution is -0.321. The SMILES string of the molecule is OC[C@H]1OC(c2ccccc2Cl)O[C@@H]2[C@H]1OC(c1ccccc1Cl)OC[C@@H]2O. The van der Waals surface area contributed by atoms with Gasteiger partial charge in [0.25, 0.3) is 0 Å². The van der Waals surface area contributed by atoms with Gasteiger partial charge < -0.3 is 29.2 Å². The highest BCUT2D eigenvalue weighted by molar-refractivity contribution is 6.31. The van der Waals surface area contributed by atoms with Crippen molar-refractivity contribution in [2.75, 3.05) is 13.2 Å².